The number of aromatic nitrogens is 2. The zero-order valence-corrected chi connectivity index (χ0v) is 20.5. The van der Waals surface area contributed by atoms with Crippen LogP contribution in [0.1, 0.15) is 26.5 Å². The molecule has 184 valence electrons. The third kappa shape index (κ3) is 3.79. The predicted octanol–water partition coefficient (Wildman–Crippen LogP) is 1.51. The first-order valence-electron chi connectivity index (χ1n) is 11.7. The van der Waals surface area contributed by atoms with Gasteiger partial charge < -0.3 is 35.9 Å². The maximum absolute atomic E-state index is 13.1. The molecule has 0 saturated carbocycles. The Kier molecular flexibility index (Phi) is 5.33. The highest BCUT2D eigenvalue weighted by Gasteiger charge is 2.50. The van der Waals surface area contributed by atoms with E-state index in [9.17, 15) is 4.79 Å². The van der Waals surface area contributed by atoms with Crippen LogP contribution in [-0.4, -0.2) is 66.7 Å². The third-order valence-electron chi connectivity index (χ3n) is 6.87. The lowest BCUT2D eigenvalue weighted by Gasteiger charge is -2.27. The molecule has 6 rings (SSSR count). The summed E-state index contributed by atoms with van der Waals surface area (Å²) in [6.45, 7) is 6.48. The van der Waals surface area contributed by atoms with E-state index >= 15 is 0 Å². The number of nitrogens with one attached hydrogen (secondary N) is 1. The zero-order valence-electron chi connectivity index (χ0n) is 19.7. The third-order valence-corrected chi connectivity index (χ3v) is 7.97. The van der Waals surface area contributed by atoms with Crippen molar-refractivity contribution in [2.75, 3.05) is 43.5 Å². The number of nitrogens with zero attached hydrogens (tertiary/aromatic N) is 3. The smallest absolute Gasteiger partial charge is 0.263 e. The Labute approximate surface area is 206 Å². The topological polar surface area (TPSA) is 138 Å². The second-order valence-electron chi connectivity index (χ2n) is 9.42. The van der Waals surface area contributed by atoms with Crippen LogP contribution < -0.4 is 26.4 Å². The molecule has 3 aromatic rings. The lowest BCUT2D eigenvalue weighted by molar-refractivity contribution is -0.147. The summed E-state index contributed by atoms with van der Waals surface area (Å²) in [5, 5.41) is 3.92. The van der Waals surface area contributed by atoms with Crippen LogP contribution in [0, 0.1) is 13.8 Å². The Bertz CT molecular complexity index is 1320. The fourth-order valence-electron chi connectivity index (χ4n) is 5.18. The van der Waals surface area contributed by atoms with Crippen molar-refractivity contribution in [2.24, 2.45) is 5.73 Å². The summed E-state index contributed by atoms with van der Waals surface area (Å²) in [4.78, 5) is 25.7. The van der Waals surface area contributed by atoms with Crippen molar-refractivity contribution in [2.45, 2.75) is 38.1 Å². The molecule has 6 heterocycles. The number of hydrogen-bond acceptors (Lipinski definition) is 10. The van der Waals surface area contributed by atoms with E-state index < -0.39 is 5.79 Å². The van der Waals surface area contributed by atoms with E-state index in [0.717, 1.165) is 32.9 Å². The van der Waals surface area contributed by atoms with Crippen LogP contribution in [-0.2, 0) is 15.9 Å². The molecule has 35 heavy (non-hydrogen) atoms. The molecule has 1 spiro atoms. The molecule has 0 aromatic carbocycles. The zero-order chi connectivity index (χ0) is 24.3. The molecule has 2 unspecified atom stereocenters. The van der Waals surface area contributed by atoms with Crippen molar-refractivity contribution in [1.82, 2.24) is 15.3 Å². The number of carbonyl (C=O) groups is 1. The normalized spacial score (nSPS) is 23.0. The SMILES string of the molecule is Cc1cc(C)c2c(N)c(C(=O)NC3COc4nc(N5CC(N)C6(C5)OCCO6)ccc4C3)sc2n1. The Morgan fingerprint density at radius 1 is 1.26 bits per heavy atom. The van der Waals surface area contributed by atoms with E-state index in [-0.39, 0.29) is 18.0 Å². The molecule has 3 aliphatic heterocycles. The molecule has 5 N–H and O–H groups in total. The van der Waals surface area contributed by atoms with Gasteiger partial charge in [0.2, 0.25) is 11.7 Å². The minimum absolute atomic E-state index is 0.188. The van der Waals surface area contributed by atoms with E-state index in [4.69, 9.17) is 30.7 Å². The van der Waals surface area contributed by atoms with Crippen molar-refractivity contribution < 1.29 is 19.0 Å². The van der Waals surface area contributed by atoms with Crippen LogP contribution in [0.2, 0.25) is 0 Å². The van der Waals surface area contributed by atoms with Crippen molar-refractivity contribution in [3.05, 3.63) is 39.9 Å². The number of anilines is 2. The molecular weight excluding hydrogens is 468 g/mol. The summed E-state index contributed by atoms with van der Waals surface area (Å²) < 4.78 is 17.6. The Hall–Kier alpha value is -2.99. The van der Waals surface area contributed by atoms with Gasteiger partial charge >= 0.3 is 0 Å². The molecular formula is C24H28N6O4S. The van der Waals surface area contributed by atoms with E-state index in [1.54, 1.807) is 0 Å². The first-order valence-corrected chi connectivity index (χ1v) is 12.5. The predicted molar refractivity (Wildman–Crippen MR) is 133 cm³/mol. The standard InChI is InChI=1S/C24H28N6O4S/c1-12-7-13(2)27-23-18(12)19(26)20(35-23)21(31)28-15-8-14-3-4-17(29-22(14)32-10-15)30-9-16(25)24(11-30)33-5-6-34-24/h3-4,7,15-16H,5-6,8-11,25-26H2,1-2H3,(H,28,31). The minimum atomic E-state index is -0.755. The Morgan fingerprint density at radius 3 is 2.86 bits per heavy atom. The number of thiophene rings is 1. The fourth-order valence-corrected chi connectivity index (χ4v) is 6.30. The summed E-state index contributed by atoms with van der Waals surface area (Å²) in [6, 6.07) is 5.49. The molecule has 2 saturated heterocycles. The molecule has 0 aliphatic carbocycles. The highest BCUT2D eigenvalue weighted by Crippen LogP contribution is 2.36. The number of carbonyl (C=O) groups excluding carboxylic acids is 1. The molecule has 1 amide bonds. The lowest BCUT2D eigenvalue weighted by atomic mass is 10.1. The largest absolute Gasteiger partial charge is 0.475 e. The minimum Gasteiger partial charge on any atom is -0.475 e. The van der Waals surface area contributed by atoms with E-state index in [1.807, 2.05) is 32.0 Å². The van der Waals surface area contributed by atoms with Crippen molar-refractivity contribution in [3.63, 3.8) is 0 Å². The molecule has 0 radical (unpaired) electrons. The van der Waals surface area contributed by atoms with Crippen LogP contribution in [0.3, 0.4) is 0 Å². The van der Waals surface area contributed by atoms with Gasteiger partial charge in [-0.2, -0.15) is 4.98 Å². The van der Waals surface area contributed by atoms with Gasteiger partial charge in [-0.05, 0) is 37.6 Å². The number of rotatable bonds is 3. The van der Waals surface area contributed by atoms with E-state index in [2.05, 4.69) is 15.2 Å². The molecule has 3 aliphatic rings. The van der Waals surface area contributed by atoms with Crippen LogP contribution >= 0.6 is 11.3 Å². The first-order chi connectivity index (χ1) is 16.8. The van der Waals surface area contributed by atoms with Gasteiger partial charge in [0.25, 0.3) is 5.91 Å². The number of fused-ring (bicyclic) bond motifs is 2. The van der Waals surface area contributed by atoms with Gasteiger partial charge in [0.05, 0.1) is 37.5 Å². The number of amides is 1. The molecule has 2 fully saturated rings. The maximum atomic E-state index is 13.1. The maximum Gasteiger partial charge on any atom is 0.263 e. The molecule has 3 aromatic heterocycles. The summed E-state index contributed by atoms with van der Waals surface area (Å²) >= 11 is 1.32. The van der Waals surface area contributed by atoms with Gasteiger partial charge in [-0.1, -0.05) is 0 Å². The number of pyridine rings is 2. The molecule has 10 nitrogen and oxygen atoms in total. The van der Waals surface area contributed by atoms with Crippen LogP contribution in [0.4, 0.5) is 11.5 Å². The van der Waals surface area contributed by atoms with Gasteiger partial charge in [0.15, 0.2) is 0 Å². The summed E-state index contributed by atoms with van der Waals surface area (Å²) in [7, 11) is 0. The molecule has 2 atom stereocenters. The van der Waals surface area contributed by atoms with Crippen molar-refractivity contribution in [3.8, 4) is 5.88 Å². The Morgan fingerprint density at radius 2 is 2.06 bits per heavy atom. The lowest BCUT2D eigenvalue weighted by Crippen LogP contribution is -2.47. The summed E-state index contributed by atoms with van der Waals surface area (Å²) in [5.74, 6) is 0.382. The number of ether oxygens (including phenoxy) is 3. The number of hydrogen-bond donors (Lipinski definition) is 3. The highest BCUT2D eigenvalue weighted by molar-refractivity contribution is 7.21. The second kappa shape index (κ2) is 8.30. The van der Waals surface area contributed by atoms with Crippen molar-refractivity contribution in [1.29, 1.82) is 0 Å². The van der Waals surface area contributed by atoms with Crippen molar-refractivity contribution >= 4 is 39.0 Å². The average Bonchev–Trinajstić information content (AvgIpc) is 3.52. The first kappa shape index (κ1) is 22.5. The van der Waals surface area contributed by atoms with Crippen LogP contribution in [0.15, 0.2) is 18.2 Å². The van der Waals surface area contributed by atoms with Gasteiger partial charge in [0.1, 0.15) is 22.1 Å². The monoisotopic (exact) mass is 496 g/mol. The van der Waals surface area contributed by atoms with E-state index in [1.165, 1.54) is 11.3 Å². The van der Waals surface area contributed by atoms with Gasteiger partial charge in [0, 0.05) is 29.6 Å². The van der Waals surface area contributed by atoms with Crippen LogP contribution in [0.25, 0.3) is 10.2 Å². The second-order valence-corrected chi connectivity index (χ2v) is 10.4. The Balaban J connectivity index is 1.16. The van der Waals surface area contributed by atoms with Crippen LogP contribution in [0.5, 0.6) is 5.88 Å². The number of nitrogens with two attached hydrogens (primary N) is 2. The highest BCUT2D eigenvalue weighted by atomic mass is 32.1. The quantitative estimate of drug-likeness (QED) is 0.493. The van der Waals surface area contributed by atoms with Gasteiger partial charge in [-0.25, -0.2) is 4.98 Å². The summed E-state index contributed by atoms with van der Waals surface area (Å²) in [5.41, 5.74) is 16.0. The van der Waals surface area contributed by atoms with E-state index in [0.29, 0.717) is 55.8 Å². The van der Waals surface area contributed by atoms with Gasteiger partial charge in [-0.15, -0.1) is 11.3 Å². The number of aryl methyl sites for hydroxylation is 2. The number of nitrogen functional groups attached to an aromatic ring is 1. The molecule has 11 heteroatoms. The summed E-state index contributed by atoms with van der Waals surface area (Å²) in [6.07, 6.45) is 0.616. The molecule has 0 bridgehead atoms. The average molecular weight is 497 g/mol. The fraction of sp³-hybridized carbons (Fsp3) is 0.458. The van der Waals surface area contributed by atoms with Gasteiger partial charge in [-0.3, -0.25) is 4.79 Å².